The largest absolute Gasteiger partial charge is 0.507 e. The lowest BCUT2D eigenvalue weighted by molar-refractivity contribution is -0.384. The molecule has 2 aliphatic heterocycles. The molecule has 0 aliphatic carbocycles. The molecule has 1 atom stereocenters. The molecule has 3 heterocycles. The summed E-state index contributed by atoms with van der Waals surface area (Å²) in [5, 5.41) is 22.4. The predicted molar refractivity (Wildman–Crippen MR) is 123 cm³/mol. The number of pyridine rings is 1. The number of fused-ring (bicyclic) bond motifs is 1. The molecule has 0 spiro atoms. The Labute approximate surface area is 199 Å². The third-order valence-corrected chi connectivity index (χ3v) is 5.85. The maximum atomic E-state index is 13.2. The van der Waals surface area contributed by atoms with Crippen LogP contribution in [0.4, 0.5) is 5.69 Å². The molecule has 176 valence electrons. The van der Waals surface area contributed by atoms with Crippen LogP contribution in [-0.2, 0) is 16.1 Å². The zero-order chi connectivity index (χ0) is 24.5. The number of carbonyl (C=O) groups excluding carboxylic acids is 2. The van der Waals surface area contributed by atoms with Gasteiger partial charge >= 0.3 is 0 Å². The molecule has 5 rings (SSSR count). The number of rotatable bonds is 5. The van der Waals surface area contributed by atoms with E-state index >= 15 is 0 Å². The van der Waals surface area contributed by atoms with Gasteiger partial charge in [-0.05, 0) is 47.5 Å². The molecule has 1 aromatic heterocycles. The molecule has 1 saturated heterocycles. The lowest BCUT2D eigenvalue weighted by atomic mass is 9.95. The van der Waals surface area contributed by atoms with E-state index in [0.29, 0.717) is 35.8 Å². The normalized spacial score (nSPS) is 18.5. The van der Waals surface area contributed by atoms with Gasteiger partial charge in [0.2, 0.25) is 0 Å². The van der Waals surface area contributed by atoms with Crippen molar-refractivity contribution in [2.75, 3.05) is 13.2 Å². The molecule has 2 aromatic carbocycles. The van der Waals surface area contributed by atoms with Crippen molar-refractivity contribution in [2.24, 2.45) is 0 Å². The van der Waals surface area contributed by atoms with E-state index in [0.717, 1.165) is 0 Å². The van der Waals surface area contributed by atoms with Crippen molar-refractivity contribution < 1.29 is 29.1 Å². The number of likely N-dealkylation sites (tertiary alicyclic amines) is 1. The van der Waals surface area contributed by atoms with Crippen LogP contribution < -0.4 is 9.47 Å². The molecule has 1 N–H and O–H groups in total. The van der Waals surface area contributed by atoms with Crippen molar-refractivity contribution in [3.05, 3.63) is 99.4 Å². The van der Waals surface area contributed by atoms with Crippen LogP contribution in [0.2, 0.25) is 0 Å². The Morgan fingerprint density at radius 1 is 1.09 bits per heavy atom. The second kappa shape index (κ2) is 8.90. The van der Waals surface area contributed by atoms with E-state index in [-0.39, 0.29) is 29.1 Å². The third kappa shape index (κ3) is 4.05. The van der Waals surface area contributed by atoms with Gasteiger partial charge in [-0.3, -0.25) is 24.7 Å². The Hall–Kier alpha value is -4.73. The van der Waals surface area contributed by atoms with Crippen molar-refractivity contribution in [1.29, 1.82) is 0 Å². The summed E-state index contributed by atoms with van der Waals surface area (Å²) in [7, 11) is 0. The monoisotopic (exact) mass is 473 g/mol. The van der Waals surface area contributed by atoms with Gasteiger partial charge in [0.15, 0.2) is 11.5 Å². The van der Waals surface area contributed by atoms with Crippen LogP contribution in [0.25, 0.3) is 5.76 Å². The second-order valence-corrected chi connectivity index (χ2v) is 8.00. The molecular formula is C25H19N3O7. The van der Waals surface area contributed by atoms with Crippen molar-refractivity contribution in [3.8, 4) is 11.5 Å². The number of nitrogens with zero attached hydrogens (tertiary/aromatic N) is 3. The molecule has 0 bridgehead atoms. The number of aromatic nitrogens is 1. The minimum Gasteiger partial charge on any atom is -0.507 e. The van der Waals surface area contributed by atoms with Gasteiger partial charge in [-0.15, -0.1) is 0 Å². The molecule has 10 heteroatoms. The number of hydrogen-bond donors (Lipinski definition) is 1. The molecular weight excluding hydrogens is 454 g/mol. The number of Topliss-reactive ketones (excluding diaryl/α,β-unsaturated/α-hetero) is 1. The number of amides is 1. The van der Waals surface area contributed by atoms with Gasteiger partial charge in [0.1, 0.15) is 19.0 Å². The van der Waals surface area contributed by atoms with E-state index in [1.54, 1.807) is 42.7 Å². The number of aliphatic hydroxyl groups excluding tert-OH is 1. The zero-order valence-electron chi connectivity index (χ0n) is 18.3. The minimum atomic E-state index is -0.968. The average molecular weight is 473 g/mol. The highest BCUT2D eigenvalue weighted by atomic mass is 16.6. The van der Waals surface area contributed by atoms with Gasteiger partial charge in [0.25, 0.3) is 17.4 Å². The first-order valence-corrected chi connectivity index (χ1v) is 10.8. The summed E-state index contributed by atoms with van der Waals surface area (Å²) in [5.74, 6) is -1.10. The highest BCUT2D eigenvalue weighted by molar-refractivity contribution is 6.46. The first kappa shape index (κ1) is 22.1. The van der Waals surface area contributed by atoms with Crippen LogP contribution in [-0.4, -0.2) is 44.8 Å². The molecule has 10 nitrogen and oxygen atoms in total. The molecule has 0 unspecified atom stereocenters. The van der Waals surface area contributed by atoms with E-state index in [1.807, 2.05) is 0 Å². The SMILES string of the molecule is O=C1C(=O)N(Cc2cccnc2)[C@H](c2ccc([N+](=O)[O-])cc2)C1=C(O)c1ccc2c(c1)OCCO2. The standard InChI is InChI=1S/C25H19N3O7/c29-23(17-5-8-19-20(12-17)35-11-10-34-19)21-22(16-3-6-18(7-4-16)28(32)33)27(25(31)24(21)30)14-15-2-1-9-26-13-15/h1-9,12-13,22,29H,10-11,14H2/t22-/m1/s1. The fourth-order valence-electron chi connectivity index (χ4n) is 4.20. The number of ketones is 1. The lowest BCUT2D eigenvalue weighted by Gasteiger charge is -2.25. The summed E-state index contributed by atoms with van der Waals surface area (Å²) >= 11 is 0. The molecule has 0 radical (unpaired) electrons. The Kier molecular flexibility index (Phi) is 5.61. The number of nitro groups is 1. The van der Waals surface area contributed by atoms with Gasteiger partial charge in [0.05, 0.1) is 16.5 Å². The van der Waals surface area contributed by atoms with Gasteiger partial charge in [-0.2, -0.15) is 0 Å². The van der Waals surface area contributed by atoms with Gasteiger partial charge in [-0.1, -0.05) is 6.07 Å². The third-order valence-electron chi connectivity index (χ3n) is 5.85. The van der Waals surface area contributed by atoms with Crippen molar-refractivity contribution in [1.82, 2.24) is 9.88 Å². The fourth-order valence-corrected chi connectivity index (χ4v) is 4.20. The number of hydrogen-bond acceptors (Lipinski definition) is 8. The first-order valence-electron chi connectivity index (χ1n) is 10.8. The average Bonchev–Trinajstić information content (AvgIpc) is 3.13. The van der Waals surface area contributed by atoms with Gasteiger partial charge < -0.3 is 19.5 Å². The van der Waals surface area contributed by atoms with Crippen molar-refractivity contribution in [3.63, 3.8) is 0 Å². The Morgan fingerprint density at radius 3 is 2.51 bits per heavy atom. The van der Waals surface area contributed by atoms with Crippen LogP contribution in [0.15, 0.2) is 72.6 Å². The number of ether oxygens (including phenoxy) is 2. The van der Waals surface area contributed by atoms with Crippen molar-refractivity contribution in [2.45, 2.75) is 12.6 Å². The number of carbonyl (C=O) groups is 2. The van der Waals surface area contributed by atoms with Crippen LogP contribution in [0.1, 0.15) is 22.7 Å². The van der Waals surface area contributed by atoms with Crippen LogP contribution in [0.3, 0.4) is 0 Å². The molecule has 2 aliphatic rings. The first-order chi connectivity index (χ1) is 16.9. The Morgan fingerprint density at radius 2 is 1.83 bits per heavy atom. The summed E-state index contributed by atoms with van der Waals surface area (Å²) in [6.45, 7) is 0.797. The Bertz CT molecular complexity index is 1350. The van der Waals surface area contributed by atoms with Crippen LogP contribution in [0.5, 0.6) is 11.5 Å². The number of nitro benzene ring substituents is 1. The lowest BCUT2D eigenvalue weighted by Crippen LogP contribution is -2.29. The Balaban J connectivity index is 1.63. The summed E-state index contributed by atoms with van der Waals surface area (Å²) in [5.41, 5.74) is 1.15. The summed E-state index contributed by atoms with van der Waals surface area (Å²) in [6, 6.07) is 12.8. The maximum Gasteiger partial charge on any atom is 0.295 e. The maximum absolute atomic E-state index is 13.2. The second-order valence-electron chi connectivity index (χ2n) is 8.00. The molecule has 35 heavy (non-hydrogen) atoms. The quantitative estimate of drug-likeness (QED) is 0.196. The predicted octanol–water partition coefficient (Wildman–Crippen LogP) is 3.38. The van der Waals surface area contributed by atoms with E-state index in [1.165, 1.54) is 29.2 Å². The minimum absolute atomic E-state index is 0.0536. The number of benzene rings is 2. The highest BCUT2D eigenvalue weighted by Crippen LogP contribution is 2.42. The fraction of sp³-hybridized carbons (Fsp3) is 0.160. The van der Waals surface area contributed by atoms with E-state index in [2.05, 4.69) is 4.98 Å². The molecule has 0 saturated carbocycles. The van der Waals surface area contributed by atoms with Gasteiger partial charge in [0, 0.05) is 36.6 Å². The van der Waals surface area contributed by atoms with E-state index in [4.69, 9.17) is 9.47 Å². The summed E-state index contributed by atoms with van der Waals surface area (Å²) in [6.07, 6.45) is 3.17. The van der Waals surface area contributed by atoms with Gasteiger partial charge in [-0.25, -0.2) is 0 Å². The zero-order valence-corrected chi connectivity index (χ0v) is 18.3. The summed E-state index contributed by atoms with van der Waals surface area (Å²) < 4.78 is 11.1. The van der Waals surface area contributed by atoms with E-state index in [9.17, 15) is 24.8 Å². The van der Waals surface area contributed by atoms with Crippen molar-refractivity contribution >= 4 is 23.1 Å². The molecule has 1 amide bonds. The number of aliphatic hydroxyl groups is 1. The van der Waals surface area contributed by atoms with Crippen LogP contribution in [0, 0.1) is 10.1 Å². The van der Waals surface area contributed by atoms with Crippen LogP contribution >= 0.6 is 0 Å². The summed E-state index contributed by atoms with van der Waals surface area (Å²) in [4.78, 5) is 42.3. The van der Waals surface area contributed by atoms with E-state index < -0.39 is 22.7 Å². The smallest absolute Gasteiger partial charge is 0.295 e. The molecule has 3 aromatic rings. The number of non-ortho nitro benzene ring substituents is 1. The topological polar surface area (TPSA) is 132 Å². The highest BCUT2D eigenvalue weighted by Gasteiger charge is 2.46. The molecule has 1 fully saturated rings.